The summed E-state index contributed by atoms with van der Waals surface area (Å²) in [6.07, 6.45) is 1.63. The van der Waals surface area contributed by atoms with Gasteiger partial charge in [-0.3, -0.25) is 0 Å². The van der Waals surface area contributed by atoms with Crippen LogP contribution in [0, 0.1) is 25.2 Å². The van der Waals surface area contributed by atoms with Crippen LogP contribution >= 0.6 is 11.6 Å². The zero-order chi connectivity index (χ0) is 26.2. The van der Waals surface area contributed by atoms with Gasteiger partial charge in [0.2, 0.25) is 0 Å². The minimum atomic E-state index is -0.0953. The lowest BCUT2D eigenvalue weighted by atomic mass is 9.93. The molecule has 0 fully saturated rings. The van der Waals surface area contributed by atoms with E-state index in [9.17, 15) is 5.11 Å². The molecule has 0 saturated heterocycles. The van der Waals surface area contributed by atoms with Gasteiger partial charge in [0.15, 0.2) is 11.5 Å². The summed E-state index contributed by atoms with van der Waals surface area (Å²) in [5, 5.41) is 19.4. The summed E-state index contributed by atoms with van der Waals surface area (Å²) in [7, 11) is 0. The zero-order valence-electron chi connectivity index (χ0n) is 21.0. The molecule has 3 aromatic rings. The van der Waals surface area contributed by atoms with E-state index in [-0.39, 0.29) is 29.7 Å². The largest absolute Gasteiger partial charge is 0.504 e. The van der Waals surface area contributed by atoms with Crippen LogP contribution < -0.4 is 14.2 Å². The summed E-state index contributed by atoms with van der Waals surface area (Å²) in [6.45, 7) is 12.6. The highest BCUT2D eigenvalue weighted by Crippen LogP contribution is 2.38. The molecule has 0 atom stereocenters. The molecule has 5 nitrogen and oxygen atoms in total. The minimum Gasteiger partial charge on any atom is -0.504 e. The monoisotopic (exact) mass is 503 g/mol. The molecule has 0 aromatic heterocycles. The summed E-state index contributed by atoms with van der Waals surface area (Å²) in [5.74, 6) is 1.41. The molecule has 0 aliphatic rings. The molecule has 0 aliphatic carbocycles. The maximum absolute atomic E-state index is 10.3. The third-order valence-electron chi connectivity index (χ3n) is 5.74. The van der Waals surface area contributed by atoms with Gasteiger partial charge in [0.25, 0.3) is 0 Å². The molecule has 6 heteroatoms. The Balaban J connectivity index is 1.81. The van der Waals surface area contributed by atoms with E-state index in [4.69, 9.17) is 31.1 Å². The van der Waals surface area contributed by atoms with Crippen molar-refractivity contribution in [2.24, 2.45) is 0 Å². The third kappa shape index (κ3) is 6.41. The lowest BCUT2D eigenvalue weighted by Gasteiger charge is -2.17. The fraction of sp³-hybridized carbons (Fsp3) is 0.233. The number of phenolic OH excluding ortho intramolecular Hbond substituents is 1. The van der Waals surface area contributed by atoms with E-state index in [0.29, 0.717) is 17.9 Å². The second kappa shape index (κ2) is 12.2. The van der Waals surface area contributed by atoms with E-state index < -0.39 is 0 Å². The van der Waals surface area contributed by atoms with Crippen LogP contribution in [0.4, 0.5) is 0 Å². The Labute approximate surface area is 217 Å². The summed E-state index contributed by atoms with van der Waals surface area (Å²) >= 11 is 6.34. The Bertz CT molecular complexity index is 1340. The number of aromatic hydroxyl groups is 1. The molecule has 3 aromatic carbocycles. The maximum atomic E-state index is 10.3. The van der Waals surface area contributed by atoms with Gasteiger partial charge in [-0.2, -0.15) is 5.26 Å². The molecule has 0 spiro atoms. The number of ether oxygens (including phenoxy) is 3. The first-order chi connectivity index (χ1) is 17.2. The van der Waals surface area contributed by atoms with Crippen LogP contribution in [-0.4, -0.2) is 18.3 Å². The van der Waals surface area contributed by atoms with Crippen LogP contribution in [0.1, 0.15) is 30.5 Å². The van der Waals surface area contributed by atoms with E-state index in [0.717, 1.165) is 39.1 Å². The summed E-state index contributed by atoms with van der Waals surface area (Å²) < 4.78 is 17.5. The van der Waals surface area contributed by atoms with Crippen LogP contribution in [0.25, 0.3) is 11.1 Å². The zero-order valence-corrected chi connectivity index (χ0v) is 21.8. The van der Waals surface area contributed by atoms with Gasteiger partial charge >= 0.3 is 0 Å². The number of benzene rings is 3. The van der Waals surface area contributed by atoms with E-state index in [1.165, 1.54) is 6.07 Å². The molecule has 0 heterocycles. The van der Waals surface area contributed by atoms with Crippen molar-refractivity contribution >= 4 is 11.6 Å². The predicted molar refractivity (Wildman–Crippen MR) is 144 cm³/mol. The van der Waals surface area contributed by atoms with Crippen molar-refractivity contribution in [1.29, 1.82) is 5.26 Å². The SMILES string of the molecule is C=C(C#N)/C=C(\C)COc1cc(OCc2cccc(-c3cccc(OCC)c3C)c2C)c(Cl)cc1O. The number of rotatable bonds is 10. The van der Waals surface area contributed by atoms with Crippen LogP contribution in [0.5, 0.6) is 23.0 Å². The highest BCUT2D eigenvalue weighted by Gasteiger charge is 2.14. The molecule has 1 N–H and O–H groups in total. The maximum Gasteiger partial charge on any atom is 0.165 e. The normalized spacial score (nSPS) is 11.1. The van der Waals surface area contributed by atoms with Crippen molar-refractivity contribution in [3.63, 3.8) is 0 Å². The van der Waals surface area contributed by atoms with Gasteiger partial charge in [-0.05, 0) is 73.2 Å². The molecule has 36 heavy (non-hydrogen) atoms. The number of phenols is 1. The Morgan fingerprint density at radius 2 is 1.69 bits per heavy atom. The average molecular weight is 504 g/mol. The number of allylic oxidation sites excluding steroid dienone is 2. The van der Waals surface area contributed by atoms with Gasteiger partial charge in [-0.25, -0.2) is 0 Å². The van der Waals surface area contributed by atoms with Gasteiger partial charge < -0.3 is 19.3 Å². The van der Waals surface area contributed by atoms with E-state index in [1.54, 1.807) is 12.1 Å². The standard InChI is InChI=1S/C30H30ClNO4/c1-6-34-28-12-8-11-25(22(28)5)24-10-7-9-23(21(24)4)18-36-29-15-30(27(33)14-26(29)31)35-17-20(3)13-19(2)16-32/h7-15,33H,2,6,17-18H2,1,3-5H3/b20-13+. The molecule has 0 amide bonds. The molecule has 0 radical (unpaired) electrons. The second-order valence-electron chi connectivity index (χ2n) is 8.41. The number of hydrogen-bond donors (Lipinski definition) is 1. The van der Waals surface area contributed by atoms with Crippen molar-refractivity contribution in [3.05, 3.63) is 94.0 Å². The number of nitrogens with zero attached hydrogens (tertiary/aromatic N) is 1. The van der Waals surface area contributed by atoms with Gasteiger partial charge in [-0.1, -0.05) is 48.5 Å². The van der Waals surface area contributed by atoms with Crippen LogP contribution in [0.2, 0.25) is 5.02 Å². The first-order valence-electron chi connectivity index (χ1n) is 11.6. The van der Waals surface area contributed by atoms with Crippen molar-refractivity contribution < 1.29 is 19.3 Å². The Morgan fingerprint density at radius 3 is 2.39 bits per heavy atom. The van der Waals surface area contributed by atoms with E-state index >= 15 is 0 Å². The molecule has 0 unspecified atom stereocenters. The van der Waals surface area contributed by atoms with Gasteiger partial charge in [-0.15, -0.1) is 0 Å². The second-order valence-corrected chi connectivity index (χ2v) is 8.81. The first-order valence-corrected chi connectivity index (χ1v) is 12.0. The number of hydrogen-bond acceptors (Lipinski definition) is 5. The highest BCUT2D eigenvalue weighted by molar-refractivity contribution is 6.32. The van der Waals surface area contributed by atoms with Crippen LogP contribution in [-0.2, 0) is 6.61 Å². The summed E-state index contributed by atoms with van der Waals surface area (Å²) in [5.41, 5.74) is 6.53. The number of nitriles is 1. The van der Waals surface area contributed by atoms with Gasteiger partial charge in [0, 0.05) is 17.7 Å². The lowest BCUT2D eigenvalue weighted by molar-refractivity contribution is 0.295. The predicted octanol–water partition coefficient (Wildman–Crippen LogP) is 7.71. The van der Waals surface area contributed by atoms with E-state index in [2.05, 4.69) is 32.6 Å². The van der Waals surface area contributed by atoms with E-state index in [1.807, 2.05) is 44.2 Å². The van der Waals surface area contributed by atoms with Crippen molar-refractivity contribution in [2.75, 3.05) is 13.2 Å². The highest BCUT2D eigenvalue weighted by atomic mass is 35.5. The Kier molecular flexibility index (Phi) is 9.05. The molecule has 0 aliphatic heterocycles. The Hall–Kier alpha value is -3.88. The molecule has 0 bridgehead atoms. The Morgan fingerprint density at radius 1 is 1.00 bits per heavy atom. The minimum absolute atomic E-state index is 0.0953. The van der Waals surface area contributed by atoms with Crippen LogP contribution in [0.15, 0.2) is 72.3 Å². The lowest BCUT2D eigenvalue weighted by Crippen LogP contribution is -2.02. The smallest absolute Gasteiger partial charge is 0.165 e. The molecule has 0 saturated carbocycles. The number of halogens is 1. The third-order valence-corrected chi connectivity index (χ3v) is 6.03. The molecule has 3 rings (SSSR count). The van der Waals surface area contributed by atoms with Crippen molar-refractivity contribution in [2.45, 2.75) is 34.3 Å². The first kappa shape index (κ1) is 26.7. The van der Waals surface area contributed by atoms with Crippen molar-refractivity contribution in [3.8, 4) is 40.2 Å². The topological polar surface area (TPSA) is 71.7 Å². The fourth-order valence-electron chi connectivity index (χ4n) is 3.82. The van der Waals surface area contributed by atoms with Gasteiger partial charge in [0.1, 0.15) is 24.7 Å². The van der Waals surface area contributed by atoms with Crippen molar-refractivity contribution in [1.82, 2.24) is 0 Å². The summed E-state index contributed by atoms with van der Waals surface area (Å²) in [6, 6.07) is 17.1. The average Bonchev–Trinajstić information content (AvgIpc) is 2.85. The molecule has 186 valence electrons. The van der Waals surface area contributed by atoms with Gasteiger partial charge in [0.05, 0.1) is 17.7 Å². The quantitative estimate of drug-likeness (QED) is 0.226. The summed E-state index contributed by atoms with van der Waals surface area (Å²) in [4.78, 5) is 0. The molecular formula is C30H30ClNO4. The fourth-order valence-corrected chi connectivity index (χ4v) is 4.03. The molecular weight excluding hydrogens is 474 g/mol. The van der Waals surface area contributed by atoms with Crippen LogP contribution in [0.3, 0.4) is 0 Å².